The molecule has 19 heavy (non-hydrogen) atoms. The number of hydrogen-bond acceptors (Lipinski definition) is 1. The van der Waals surface area contributed by atoms with Crippen LogP contribution in [0.15, 0.2) is 18.5 Å². The molecule has 0 aliphatic heterocycles. The molecule has 3 unspecified atom stereocenters. The van der Waals surface area contributed by atoms with Gasteiger partial charge < -0.3 is 10.3 Å². The largest absolute Gasteiger partial charge is 0.367 e. The van der Waals surface area contributed by atoms with Crippen LogP contribution in [0.1, 0.15) is 44.6 Å². The van der Waals surface area contributed by atoms with Crippen molar-refractivity contribution in [2.75, 3.05) is 7.05 Å². The second-order valence-corrected chi connectivity index (χ2v) is 7.50. The summed E-state index contributed by atoms with van der Waals surface area (Å²) in [6.45, 7) is 2.40. The molecule has 104 valence electrons. The zero-order chi connectivity index (χ0) is 13.0. The lowest BCUT2D eigenvalue weighted by Crippen LogP contribution is -2.56. The van der Waals surface area contributed by atoms with E-state index >= 15 is 0 Å². The fourth-order valence-corrected chi connectivity index (χ4v) is 6.08. The summed E-state index contributed by atoms with van der Waals surface area (Å²) in [5, 5.41) is 3.53. The maximum absolute atomic E-state index is 3.53. The molecular formula is C17H26N2. The van der Waals surface area contributed by atoms with Crippen LogP contribution in [0.25, 0.3) is 0 Å². The Morgan fingerprint density at radius 2 is 2.00 bits per heavy atom. The van der Waals surface area contributed by atoms with Gasteiger partial charge in [0.2, 0.25) is 0 Å². The summed E-state index contributed by atoms with van der Waals surface area (Å²) in [5.41, 5.74) is 2.13. The van der Waals surface area contributed by atoms with Crippen LogP contribution in [0.2, 0.25) is 0 Å². The number of aromatic amines is 1. The second kappa shape index (κ2) is 4.12. The van der Waals surface area contributed by atoms with E-state index in [0.717, 1.165) is 23.7 Å². The van der Waals surface area contributed by atoms with Crippen LogP contribution >= 0.6 is 0 Å². The van der Waals surface area contributed by atoms with Crippen LogP contribution in [-0.4, -0.2) is 18.1 Å². The fourth-order valence-electron chi connectivity index (χ4n) is 6.08. The maximum Gasteiger partial charge on any atom is 0.00693 e. The molecule has 1 aromatic rings. The summed E-state index contributed by atoms with van der Waals surface area (Å²) in [6.07, 6.45) is 11.7. The Morgan fingerprint density at radius 3 is 2.58 bits per heavy atom. The van der Waals surface area contributed by atoms with Gasteiger partial charge in [0, 0.05) is 18.4 Å². The van der Waals surface area contributed by atoms with Crippen LogP contribution in [0.4, 0.5) is 0 Å². The molecule has 5 rings (SSSR count). The lowest BCUT2D eigenvalue weighted by atomic mass is 9.44. The monoisotopic (exact) mass is 258 g/mol. The minimum absolute atomic E-state index is 0.528. The smallest absolute Gasteiger partial charge is 0.00693 e. The first-order chi connectivity index (χ1) is 9.22. The number of rotatable bonds is 3. The minimum Gasteiger partial charge on any atom is -0.367 e. The van der Waals surface area contributed by atoms with E-state index in [-0.39, 0.29) is 0 Å². The van der Waals surface area contributed by atoms with Crippen molar-refractivity contribution in [1.29, 1.82) is 0 Å². The second-order valence-electron chi connectivity index (χ2n) is 7.50. The Morgan fingerprint density at radius 1 is 1.26 bits per heavy atom. The highest BCUT2D eigenvalue weighted by molar-refractivity contribution is 5.27. The summed E-state index contributed by atoms with van der Waals surface area (Å²) < 4.78 is 0. The molecule has 3 atom stereocenters. The third-order valence-electron chi connectivity index (χ3n) is 6.59. The van der Waals surface area contributed by atoms with Crippen LogP contribution in [0.5, 0.6) is 0 Å². The van der Waals surface area contributed by atoms with Gasteiger partial charge in [-0.15, -0.1) is 0 Å². The van der Waals surface area contributed by atoms with E-state index in [1.165, 1.54) is 32.1 Å². The first kappa shape index (κ1) is 12.0. The number of hydrogen-bond donors (Lipinski definition) is 2. The standard InChI is InChI=1S/C17H26N2/c1-11(18-2)16-13-5-12-6-14(16)9-17(7-12,8-13)15-3-4-19-10-15/h3-4,10-14,16,18-19H,5-9H2,1-2H3. The van der Waals surface area contributed by atoms with Gasteiger partial charge in [-0.3, -0.25) is 0 Å². The van der Waals surface area contributed by atoms with Gasteiger partial charge in [0.05, 0.1) is 0 Å². The quantitative estimate of drug-likeness (QED) is 0.855. The summed E-state index contributed by atoms with van der Waals surface area (Å²) in [5.74, 6) is 3.86. The number of aromatic nitrogens is 1. The van der Waals surface area contributed by atoms with E-state index in [1.54, 1.807) is 5.56 Å². The Hall–Kier alpha value is -0.760. The highest BCUT2D eigenvalue weighted by Gasteiger charge is 2.56. The SMILES string of the molecule is CNC(C)C1C2CC3CC1CC(c1cc[nH]c1)(C3)C2. The third kappa shape index (κ3) is 1.65. The normalized spacial score (nSPS) is 45.6. The molecule has 0 radical (unpaired) electrons. The van der Waals surface area contributed by atoms with Gasteiger partial charge in [0.1, 0.15) is 0 Å². The zero-order valence-electron chi connectivity index (χ0n) is 12.2. The van der Waals surface area contributed by atoms with Crippen molar-refractivity contribution in [3.05, 3.63) is 24.0 Å². The summed E-state index contributed by atoms with van der Waals surface area (Å²) in [4.78, 5) is 3.29. The molecular weight excluding hydrogens is 232 g/mol. The number of nitrogens with one attached hydrogen (secondary N) is 2. The number of H-pyrrole nitrogens is 1. The molecule has 0 spiro atoms. The molecule has 4 aliphatic carbocycles. The Balaban J connectivity index is 1.68. The third-order valence-corrected chi connectivity index (χ3v) is 6.59. The highest BCUT2D eigenvalue weighted by Crippen LogP contribution is 2.63. The molecule has 2 heteroatoms. The van der Waals surface area contributed by atoms with Crippen molar-refractivity contribution in [3.63, 3.8) is 0 Å². The van der Waals surface area contributed by atoms with Crippen molar-refractivity contribution in [2.24, 2.45) is 23.7 Å². The van der Waals surface area contributed by atoms with Crippen LogP contribution in [-0.2, 0) is 5.41 Å². The molecule has 1 heterocycles. The van der Waals surface area contributed by atoms with Crippen molar-refractivity contribution >= 4 is 0 Å². The van der Waals surface area contributed by atoms with E-state index < -0.39 is 0 Å². The average Bonchev–Trinajstić information content (AvgIpc) is 2.91. The van der Waals surface area contributed by atoms with Crippen LogP contribution in [0.3, 0.4) is 0 Å². The molecule has 1 aromatic heterocycles. The fraction of sp³-hybridized carbons (Fsp3) is 0.765. The Labute approximate surface area is 116 Å². The minimum atomic E-state index is 0.528. The van der Waals surface area contributed by atoms with Crippen molar-refractivity contribution < 1.29 is 0 Å². The molecule has 0 aromatic carbocycles. The molecule has 4 saturated carbocycles. The van der Waals surface area contributed by atoms with Gasteiger partial charge in [-0.25, -0.2) is 0 Å². The van der Waals surface area contributed by atoms with E-state index in [1.807, 2.05) is 0 Å². The Bertz CT molecular complexity index is 434. The topological polar surface area (TPSA) is 27.8 Å². The van der Waals surface area contributed by atoms with Crippen molar-refractivity contribution in [2.45, 2.75) is 50.5 Å². The van der Waals surface area contributed by atoms with Crippen LogP contribution in [0, 0.1) is 23.7 Å². The summed E-state index contributed by atoms with van der Waals surface area (Å²) in [7, 11) is 2.14. The average molecular weight is 258 g/mol. The predicted molar refractivity (Wildman–Crippen MR) is 78.0 cm³/mol. The van der Waals surface area contributed by atoms with E-state index in [4.69, 9.17) is 0 Å². The van der Waals surface area contributed by atoms with Gasteiger partial charge in [-0.1, -0.05) is 0 Å². The lowest BCUT2D eigenvalue weighted by Gasteiger charge is -2.61. The molecule has 2 N–H and O–H groups in total. The summed E-state index contributed by atoms with van der Waals surface area (Å²) >= 11 is 0. The predicted octanol–water partition coefficient (Wildman–Crippen LogP) is 3.32. The van der Waals surface area contributed by atoms with Crippen LogP contribution < -0.4 is 5.32 Å². The van der Waals surface area contributed by atoms with Gasteiger partial charge in [0.25, 0.3) is 0 Å². The van der Waals surface area contributed by atoms with Crippen molar-refractivity contribution in [1.82, 2.24) is 10.3 Å². The van der Waals surface area contributed by atoms with Crippen molar-refractivity contribution in [3.8, 4) is 0 Å². The van der Waals surface area contributed by atoms with E-state index in [2.05, 4.69) is 42.7 Å². The first-order valence-electron chi connectivity index (χ1n) is 8.02. The first-order valence-corrected chi connectivity index (χ1v) is 8.02. The van der Waals surface area contributed by atoms with E-state index in [9.17, 15) is 0 Å². The zero-order valence-corrected chi connectivity index (χ0v) is 12.2. The molecule has 4 fully saturated rings. The highest BCUT2D eigenvalue weighted by atomic mass is 14.9. The molecule has 4 bridgehead atoms. The maximum atomic E-state index is 3.53. The van der Waals surface area contributed by atoms with Gasteiger partial charge in [0.15, 0.2) is 0 Å². The summed E-state index contributed by atoms with van der Waals surface area (Å²) in [6, 6.07) is 3.03. The molecule has 0 amide bonds. The van der Waals surface area contributed by atoms with Gasteiger partial charge in [-0.05, 0) is 86.8 Å². The molecule has 4 aliphatic rings. The molecule has 0 saturated heterocycles. The van der Waals surface area contributed by atoms with E-state index in [0.29, 0.717) is 11.5 Å². The van der Waals surface area contributed by atoms with Gasteiger partial charge in [-0.2, -0.15) is 0 Å². The molecule has 2 nitrogen and oxygen atoms in total. The Kier molecular flexibility index (Phi) is 2.60. The lowest BCUT2D eigenvalue weighted by molar-refractivity contribution is -0.0666. The van der Waals surface area contributed by atoms with Gasteiger partial charge >= 0.3 is 0 Å².